The summed E-state index contributed by atoms with van der Waals surface area (Å²) in [6.07, 6.45) is 2.16. The molecule has 0 heterocycles. The van der Waals surface area contributed by atoms with E-state index >= 15 is 0 Å². The molecule has 0 saturated carbocycles. The molecule has 0 aliphatic rings. The van der Waals surface area contributed by atoms with Gasteiger partial charge in [-0.15, -0.1) is 0 Å². The Bertz CT molecular complexity index is 375. The van der Waals surface area contributed by atoms with Gasteiger partial charge in [0.1, 0.15) is 5.82 Å². The summed E-state index contributed by atoms with van der Waals surface area (Å²) in [6, 6.07) is 3.47. The highest BCUT2D eigenvalue weighted by Gasteiger charge is 2.21. The first kappa shape index (κ1) is 14.5. The summed E-state index contributed by atoms with van der Waals surface area (Å²) in [5.41, 5.74) is 1.65. The van der Waals surface area contributed by atoms with E-state index in [1.807, 2.05) is 13.1 Å². The lowest BCUT2D eigenvalue weighted by Gasteiger charge is -2.26. The molecule has 1 rings (SSSR count). The molecule has 1 atom stereocenters. The van der Waals surface area contributed by atoms with Crippen molar-refractivity contribution in [1.29, 1.82) is 0 Å². The predicted octanol–water partition coefficient (Wildman–Crippen LogP) is 4.48. The Morgan fingerprint density at radius 3 is 2.35 bits per heavy atom. The topological polar surface area (TPSA) is 12.0 Å². The molecule has 0 amide bonds. The molecular weight excluding hydrogens is 237 g/mol. The van der Waals surface area contributed by atoms with Crippen LogP contribution in [0.15, 0.2) is 12.1 Å². The molecule has 1 aromatic carbocycles. The molecule has 17 heavy (non-hydrogen) atoms. The molecule has 96 valence electrons. The average molecular weight is 258 g/mol. The first-order chi connectivity index (χ1) is 8.04. The van der Waals surface area contributed by atoms with Gasteiger partial charge in [-0.3, -0.25) is 0 Å². The second-order valence-electron chi connectivity index (χ2n) is 4.47. The van der Waals surface area contributed by atoms with Crippen molar-refractivity contribution in [2.45, 2.75) is 39.7 Å². The normalized spacial score (nSPS) is 13.1. The number of hydrogen-bond donors (Lipinski definition) is 1. The molecule has 0 aromatic heterocycles. The molecule has 1 N–H and O–H groups in total. The minimum atomic E-state index is -0.238. The quantitative estimate of drug-likeness (QED) is 0.820. The van der Waals surface area contributed by atoms with E-state index in [4.69, 9.17) is 11.6 Å². The number of halogens is 2. The summed E-state index contributed by atoms with van der Waals surface area (Å²) in [4.78, 5) is 0. The molecule has 1 unspecified atom stereocenters. The first-order valence-corrected chi connectivity index (χ1v) is 6.55. The van der Waals surface area contributed by atoms with Crippen molar-refractivity contribution in [2.75, 3.05) is 7.05 Å². The van der Waals surface area contributed by atoms with Crippen LogP contribution in [-0.4, -0.2) is 7.05 Å². The van der Waals surface area contributed by atoms with Crippen LogP contribution in [0.25, 0.3) is 0 Å². The van der Waals surface area contributed by atoms with Crippen molar-refractivity contribution in [3.63, 3.8) is 0 Å². The lowest BCUT2D eigenvalue weighted by Crippen LogP contribution is -2.25. The van der Waals surface area contributed by atoms with Gasteiger partial charge in [0.05, 0.1) is 0 Å². The Morgan fingerprint density at radius 1 is 1.29 bits per heavy atom. The summed E-state index contributed by atoms with van der Waals surface area (Å²) in [5.74, 6) is 0.278. The van der Waals surface area contributed by atoms with Crippen molar-refractivity contribution >= 4 is 11.6 Å². The highest BCUT2D eigenvalue weighted by molar-refractivity contribution is 6.31. The molecule has 0 fully saturated rings. The number of hydrogen-bond acceptors (Lipinski definition) is 1. The van der Waals surface area contributed by atoms with E-state index in [0.717, 1.165) is 18.4 Å². The van der Waals surface area contributed by atoms with Crippen LogP contribution in [-0.2, 0) is 0 Å². The smallest absolute Gasteiger partial charge is 0.127 e. The fourth-order valence-electron chi connectivity index (χ4n) is 2.32. The summed E-state index contributed by atoms with van der Waals surface area (Å²) in [6.45, 7) is 6.11. The van der Waals surface area contributed by atoms with Crippen LogP contribution < -0.4 is 5.32 Å². The molecule has 0 radical (unpaired) electrons. The first-order valence-electron chi connectivity index (χ1n) is 6.17. The third-order valence-corrected chi connectivity index (χ3v) is 3.77. The Morgan fingerprint density at radius 2 is 1.88 bits per heavy atom. The van der Waals surface area contributed by atoms with E-state index in [1.54, 1.807) is 6.92 Å². The zero-order valence-corrected chi connectivity index (χ0v) is 11.7. The van der Waals surface area contributed by atoms with Crippen molar-refractivity contribution < 1.29 is 4.39 Å². The van der Waals surface area contributed by atoms with Gasteiger partial charge in [-0.1, -0.05) is 44.4 Å². The number of rotatable bonds is 5. The van der Waals surface area contributed by atoms with Crippen molar-refractivity contribution in [2.24, 2.45) is 5.92 Å². The number of nitrogens with one attached hydrogen (secondary N) is 1. The maximum Gasteiger partial charge on any atom is 0.127 e. The largest absolute Gasteiger partial charge is 0.313 e. The molecule has 0 aliphatic heterocycles. The predicted molar refractivity (Wildman–Crippen MR) is 72.0 cm³/mol. The SMILES string of the molecule is CCC(CC)C(NC)c1cc(C)c(F)cc1Cl. The third kappa shape index (κ3) is 3.20. The molecule has 3 heteroatoms. The number of aryl methyl sites for hydroxylation is 1. The minimum Gasteiger partial charge on any atom is -0.313 e. The standard InChI is InChI=1S/C14H21ClFN/c1-5-10(6-2)14(17-4)11-7-9(3)13(16)8-12(11)15/h7-8,10,14,17H,5-6H2,1-4H3. The fraction of sp³-hybridized carbons (Fsp3) is 0.571. The maximum absolute atomic E-state index is 13.4. The van der Waals surface area contributed by atoms with Crippen molar-refractivity contribution in [1.82, 2.24) is 5.32 Å². The van der Waals surface area contributed by atoms with Crippen molar-refractivity contribution in [3.05, 3.63) is 34.1 Å². The van der Waals surface area contributed by atoms with Gasteiger partial charge >= 0.3 is 0 Å². The maximum atomic E-state index is 13.4. The van der Waals surface area contributed by atoms with Gasteiger partial charge in [0.25, 0.3) is 0 Å². The lowest BCUT2D eigenvalue weighted by atomic mass is 9.88. The highest BCUT2D eigenvalue weighted by Crippen LogP contribution is 2.33. The molecule has 1 nitrogen and oxygen atoms in total. The second kappa shape index (κ2) is 6.36. The van der Waals surface area contributed by atoms with Crippen LogP contribution in [0.2, 0.25) is 5.02 Å². The second-order valence-corrected chi connectivity index (χ2v) is 4.87. The Balaban J connectivity index is 3.15. The van der Waals surface area contributed by atoms with E-state index in [9.17, 15) is 4.39 Å². The summed E-state index contributed by atoms with van der Waals surface area (Å²) in [7, 11) is 1.93. The highest BCUT2D eigenvalue weighted by atomic mass is 35.5. The monoisotopic (exact) mass is 257 g/mol. The van der Waals surface area contributed by atoms with E-state index in [-0.39, 0.29) is 11.9 Å². The van der Waals surface area contributed by atoms with Gasteiger partial charge in [-0.25, -0.2) is 4.39 Å². The van der Waals surface area contributed by atoms with Crippen LogP contribution in [0.4, 0.5) is 4.39 Å². The van der Waals surface area contributed by atoms with E-state index in [0.29, 0.717) is 16.5 Å². The minimum absolute atomic E-state index is 0.191. The molecule has 0 bridgehead atoms. The van der Waals surface area contributed by atoms with E-state index < -0.39 is 0 Å². The van der Waals surface area contributed by atoms with Gasteiger partial charge in [-0.05, 0) is 37.1 Å². The van der Waals surface area contributed by atoms with E-state index in [2.05, 4.69) is 19.2 Å². The fourth-order valence-corrected chi connectivity index (χ4v) is 2.59. The lowest BCUT2D eigenvalue weighted by molar-refractivity contribution is 0.359. The molecule has 0 aliphatic carbocycles. The summed E-state index contributed by atoms with van der Waals surface area (Å²) in [5, 5.41) is 3.81. The zero-order valence-electron chi connectivity index (χ0n) is 11.0. The Labute approximate surface area is 108 Å². The number of benzene rings is 1. The van der Waals surface area contributed by atoms with Gasteiger partial charge in [0, 0.05) is 11.1 Å². The van der Waals surface area contributed by atoms with Crippen LogP contribution in [0.1, 0.15) is 43.9 Å². The molecule has 0 saturated heterocycles. The van der Waals surface area contributed by atoms with Gasteiger partial charge in [0.15, 0.2) is 0 Å². The summed E-state index contributed by atoms with van der Waals surface area (Å²) >= 11 is 6.15. The van der Waals surface area contributed by atoms with Crippen LogP contribution in [0.5, 0.6) is 0 Å². The van der Waals surface area contributed by atoms with Crippen molar-refractivity contribution in [3.8, 4) is 0 Å². The molecular formula is C14H21ClFN. The average Bonchev–Trinajstić information content (AvgIpc) is 2.31. The van der Waals surface area contributed by atoms with Gasteiger partial charge in [-0.2, -0.15) is 0 Å². The zero-order chi connectivity index (χ0) is 13.0. The van der Waals surface area contributed by atoms with Crippen LogP contribution in [0, 0.1) is 18.7 Å². The van der Waals surface area contributed by atoms with Crippen LogP contribution >= 0.6 is 11.6 Å². The molecule has 0 spiro atoms. The van der Waals surface area contributed by atoms with Crippen LogP contribution in [0.3, 0.4) is 0 Å². The van der Waals surface area contributed by atoms with Gasteiger partial charge in [0.2, 0.25) is 0 Å². The van der Waals surface area contributed by atoms with E-state index in [1.165, 1.54) is 6.07 Å². The third-order valence-electron chi connectivity index (χ3n) is 3.44. The van der Waals surface area contributed by atoms with Gasteiger partial charge < -0.3 is 5.32 Å². The Kier molecular flexibility index (Phi) is 5.41. The molecule has 1 aromatic rings. The summed E-state index contributed by atoms with van der Waals surface area (Å²) < 4.78 is 13.4. The Hall–Kier alpha value is -0.600.